The summed E-state index contributed by atoms with van der Waals surface area (Å²) >= 11 is 0. The first-order chi connectivity index (χ1) is 14.7. The Morgan fingerprint density at radius 1 is 0.903 bits per heavy atom. The number of aromatic nitrogens is 1. The molecule has 0 aliphatic carbocycles. The van der Waals surface area contributed by atoms with Gasteiger partial charge in [-0.3, -0.25) is 0 Å². The predicted octanol–water partition coefficient (Wildman–Crippen LogP) is 5.82. The van der Waals surface area contributed by atoms with Crippen LogP contribution in [0.15, 0.2) is 72.9 Å². The van der Waals surface area contributed by atoms with Gasteiger partial charge in [0.05, 0.1) is 7.11 Å². The lowest BCUT2D eigenvalue weighted by molar-refractivity contribution is 0.284. The van der Waals surface area contributed by atoms with E-state index in [0.29, 0.717) is 6.61 Å². The Balaban J connectivity index is 0.00000272. The van der Waals surface area contributed by atoms with Gasteiger partial charge in [0.1, 0.15) is 6.61 Å². The molecule has 0 radical (unpaired) electrons. The van der Waals surface area contributed by atoms with Gasteiger partial charge in [-0.05, 0) is 54.8 Å². The molecule has 4 rings (SSSR count). The molecule has 4 aromatic rings. The second-order valence-corrected chi connectivity index (χ2v) is 7.55. The van der Waals surface area contributed by atoms with Crippen LogP contribution in [-0.2, 0) is 19.6 Å². The molecule has 1 heterocycles. The lowest BCUT2D eigenvalue weighted by Crippen LogP contribution is -2.16. The molecule has 0 spiro atoms. The molecule has 0 aliphatic heterocycles. The Labute approximate surface area is 190 Å². The van der Waals surface area contributed by atoms with Gasteiger partial charge >= 0.3 is 0 Å². The normalized spacial score (nSPS) is 10.6. The summed E-state index contributed by atoms with van der Waals surface area (Å²) in [6.45, 7) is 4.32. The number of ether oxygens (including phenoxy) is 2. The highest BCUT2D eigenvalue weighted by molar-refractivity contribution is 5.85. The quantitative estimate of drug-likeness (QED) is 0.325. The number of rotatable bonds is 9. The Bertz CT molecular complexity index is 1120. The van der Waals surface area contributed by atoms with Crippen LogP contribution in [0.3, 0.4) is 0 Å². The lowest BCUT2D eigenvalue weighted by Gasteiger charge is -2.13. The maximum Gasteiger partial charge on any atom is 0.161 e. The molecule has 4 nitrogen and oxygen atoms in total. The molecule has 5 heteroatoms. The van der Waals surface area contributed by atoms with E-state index < -0.39 is 0 Å². The number of hydrogen-bond acceptors (Lipinski definition) is 3. The van der Waals surface area contributed by atoms with Gasteiger partial charge in [-0.1, -0.05) is 54.1 Å². The number of aromatic amines is 1. The van der Waals surface area contributed by atoms with Crippen LogP contribution in [-0.4, -0.2) is 18.6 Å². The average Bonchev–Trinajstić information content (AvgIpc) is 3.19. The Hall–Kier alpha value is -2.95. The molecule has 0 amide bonds. The van der Waals surface area contributed by atoms with Crippen LogP contribution in [0, 0.1) is 6.92 Å². The fraction of sp³-hybridized carbons (Fsp3) is 0.231. The first-order valence-corrected chi connectivity index (χ1v) is 10.3. The van der Waals surface area contributed by atoms with Gasteiger partial charge in [-0.2, -0.15) is 0 Å². The fourth-order valence-corrected chi connectivity index (χ4v) is 3.70. The van der Waals surface area contributed by atoms with Crippen LogP contribution in [0.5, 0.6) is 11.5 Å². The maximum absolute atomic E-state index is 5.99. The summed E-state index contributed by atoms with van der Waals surface area (Å²) in [5.41, 5.74) is 6.10. The number of halogens is 1. The standard InChI is InChI=1S/C26H28N2O2.ClH/c1-19-6-5-7-21(14-19)18-30-25-11-10-20(15-26(25)29-2)16-27-13-12-22-17-28-24-9-4-3-8-23(22)24;/h3-11,14-15,17,27-28H,12-13,16,18H2,1-2H3;1H. The zero-order chi connectivity index (χ0) is 20.8. The number of hydrogen-bond donors (Lipinski definition) is 2. The zero-order valence-corrected chi connectivity index (χ0v) is 18.8. The van der Waals surface area contributed by atoms with Crippen molar-refractivity contribution in [1.82, 2.24) is 10.3 Å². The van der Waals surface area contributed by atoms with Crippen molar-refractivity contribution in [3.8, 4) is 11.5 Å². The van der Waals surface area contributed by atoms with Gasteiger partial charge in [-0.15, -0.1) is 12.4 Å². The van der Waals surface area contributed by atoms with Gasteiger partial charge in [0.2, 0.25) is 0 Å². The number of nitrogens with one attached hydrogen (secondary N) is 2. The molecular weight excluding hydrogens is 408 g/mol. The van der Waals surface area contributed by atoms with E-state index in [0.717, 1.165) is 36.6 Å². The summed E-state index contributed by atoms with van der Waals surface area (Å²) in [6, 6.07) is 22.9. The molecule has 0 fully saturated rings. The van der Waals surface area contributed by atoms with Crippen LogP contribution in [0.2, 0.25) is 0 Å². The van der Waals surface area contributed by atoms with E-state index >= 15 is 0 Å². The highest BCUT2D eigenvalue weighted by Gasteiger charge is 2.07. The summed E-state index contributed by atoms with van der Waals surface area (Å²) < 4.78 is 11.5. The zero-order valence-electron chi connectivity index (χ0n) is 18.0. The molecule has 0 bridgehead atoms. The van der Waals surface area contributed by atoms with Crippen molar-refractivity contribution in [3.05, 3.63) is 95.2 Å². The first kappa shape index (κ1) is 22.7. The molecule has 1 aromatic heterocycles. The molecule has 0 aliphatic rings. The minimum absolute atomic E-state index is 0. The summed E-state index contributed by atoms with van der Waals surface area (Å²) in [5.74, 6) is 1.53. The van der Waals surface area contributed by atoms with Crippen molar-refractivity contribution < 1.29 is 9.47 Å². The van der Waals surface area contributed by atoms with Crippen molar-refractivity contribution in [3.63, 3.8) is 0 Å². The van der Waals surface area contributed by atoms with E-state index in [1.54, 1.807) is 7.11 Å². The number of aryl methyl sites for hydroxylation is 1. The van der Waals surface area contributed by atoms with Crippen LogP contribution < -0.4 is 14.8 Å². The van der Waals surface area contributed by atoms with E-state index in [1.807, 2.05) is 12.1 Å². The SMILES string of the molecule is COc1cc(CNCCc2c[nH]c3ccccc23)ccc1OCc1cccc(C)c1.Cl. The van der Waals surface area contributed by atoms with Gasteiger partial charge in [0.25, 0.3) is 0 Å². The minimum Gasteiger partial charge on any atom is -0.493 e. The Kier molecular flexibility index (Phi) is 7.99. The molecule has 2 N–H and O–H groups in total. The largest absolute Gasteiger partial charge is 0.493 e. The highest BCUT2D eigenvalue weighted by atomic mass is 35.5. The van der Waals surface area contributed by atoms with Crippen LogP contribution in [0.25, 0.3) is 10.9 Å². The Morgan fingerprint density at radius 3 is 2.61 bits per heavy atom. The summed E-state index contributed by atoms with van der Waals surface area (Å²) in [7, 11) is 1.68. The summed E-state index contributed by atoms with van der Waals surface area (Å²) in [4.78, 5) is 3.34. The third-order valence-electron chi connectivity index (χ3n) is 5.28. The van der Waals surface area contributed by atoms with Crippen LogP contribution in [0.4, 0.5) is 0 Å². The van der Waals surface area contributed by atoms with E-state index in [1.165, 1.54) is 27.6 Å². The van der Waals surface area contributed by atoms with Gasteiger partial charge in [-0.25, -0.2) is 0 Å². The number of H-pyrrole nitrogens is 1. The second kappa shape index (κ2) is 10.9. The molecule has 0 atom stereocenters. The number of benzene rings is 3. The monoisotopic (exact) mass is 436 g/mol. The van der Waals surface area contributed by atoms with E-state index in [-0.39, 0.29) is 12.4 Å². The molecule has 3 aromatic carbocycles. The van der Waals surface area contributed by atoms with Gasteiger partial charge in [0.15, 0.2) is 11.5 Å². The molecule has 31 heavy (non-hydrogen) atoms. The number of methoxy groups -OCH3 is 1. The minimum atomic E-state index is 0. The van der Waals surface area contributed by atoms with Crippen molar-refractivity contribution in [2.75, 3.05) is 13.7 Å². The number of para-hydroxylation sites is 1. The second-order valence-electron chi connectivity index (χ2n) is 7.55. The lowest BCUT2D eigenvalue weighted by atomic mass is 10.1. The van der Waals surface area contributed by atoms with Gasteiger partial charge in [0, 0.05) is 23.6 Å². The smallest absolute Gasteiger partial charge is 0.161 e. The van der Waals surface area contributed by atoms with Crippen LogP contribution in [0.1, 0.15) is 22.3 Å². The molecule has 0 saturated heterocycles. The van der Waals surface area contributed by atoms with Crippen molar-refractivity contribution in [2.24, 2.45) is 0 Å². The van der Waals surface area contributed by atoms with Crippen LogP contribution >= 0.6 is 12.4 Å². The number of fused-ring (bicyclic) bond motifs is 1. The molecule has 0 saturated carbocycles. The third kappa shape index (κ3) is 5.81. The fourth-order valence-electron chi connectivity index (χ4n) is 3.70. The molecular formula is C26H29ClN2O2. The highest BCUT2D eigenvalue weighted by Crippen LogP contribution is 2.29. The first-order valence-electron chi connectivity index (χ1n) is 10.3. The summed E-state index contributed by atoms with van der Waals surface area (Å²) in [5, 5.41) is 4.83. The molecule has 0 unspecified atom stereocenters. The van der Waals surface area contributed by atoms with Crippen molar-refractivity contribution >= 4 is 23.3 Å². The van der Waals surface area contributed by atoms with Gasteiger partial charge < -0.3 is 19.8 Å². The summed E-state index contributed by atoms with van der Waals surface area (Å²) in [6.07, 6.45) is 3.09. The van der Waals surface area contributed by atoms with Crippen molar-refractivity contribution in [1.29, 1.82) is 0 Å². The van der Waals surface area contributed by atoms with E-state index in [2.05, 4.69) is 78.0 Å². The Morgan fingerprint density at radius 2 is 1.77 bits per heavy atom. The maximum atomic E-state index is 5.99. The van der Waals surface area contributed by atoms with E-state index in [4.69, 9.17) is 9.47 Å². The average molecular weight is 437 g/mol. The van der Waals surface area contributed by atoms with Crippen molar-refractivity contribution in [2.45, 2.75) is 26.5 Å². The predicted molar refractivity (Wildman–Crippen MR) is 129 cm³/mol. The molecule has 162 valence electrons. The van der Waals surface area contributed by atoms with E-state index in [9.17, 15) is 0 Å². The third-order valence-corrected chi connectivity index (χ3v) is 5.28. The topological polar surface area (TPSA) is 46.3 Å².